The third kappa shape index (κ3) is 2.70. The van der Waals surface area contributed by atoms with E-state index in [2.05, 4.69) is 20.2 Å². The Morgan fingerprint density at radius 2 is 1.85 bits per heavy atom. The van der Waals surface area contributed by atoms with Crippen LogP contribution in [0.4, 0.5) is 15.8 Å². The molecule has 1 aromatic carbocycles. The molecule has 0 aliphatic carbocycles. The lowest BCUT2D eigenvalue weighted by Crippen LogP contribution is -1.82. The number of benzene rings is 1. The van der Waals surface area contributed by atoms with E-state index in [1.807, 2.05) is 42.5 Å². The first kappa shape index (κ1) is 12.4. The van der Waals surface area contributed by atoms with Crippen molar-refractivity contribution in [1.29, 1.82) is 0 Å². The van der Waals surface area contributed by atoms with Crippen molar-refractivity contribution in [3.8, 4) is 11.3 Å². The number of anilines is 1. The average Bonchev–Trinajstić information content (AvgIpc) is 2.88. The average molecular weight is 281 g/mol. The lowest BCUT2D eigenvalue weighted by atomic mass is 10.2. The number of thiazole rings is 1. The number of azo groups is 1. The molecule has 2 aromatic heterocycles. The van der Waals surface area contributed by atoms with E-state index in [4.69, 9.17) is 5.73 Å². The maximum atomic E-state index is 5.78. The summed E-state index contributed by atoms with van der Waals surface area (Å²) in [5.41, 5.74) is 8.20. The largest absolute Gasteiger partial charge is 0.375 e. The first-order valence-corrected chi connectivity index (χ1v) is 6.78. The van der Waals surface area contributed by atoms with Gasteiger partial charge in [-0.25, -0.2) is 4.98 Å². The topological polar surface area (TPSA) is 76.5 Å². The summed E-state index contributed by atoms with van der Waals surface area (Å²) < 4.78 is 0. The summed E-state index contributed by atoms with van der Waals surface area (Å²) in [4.78, 5) is 8.31. The Labute approximate surface area is 119 Å². The van der Waals surface area contributed by atoms with E-state index in [9.17, 15) is 0 Å². The van der Waals surface area contributed by atoms with Crippen molar-refractivity contribution >= 4 is 27.2 Å². The molecule has 0 atom stereocenters. The number of hydrogen-bond acceptors (Lipinski definition) is 6. The molecule has 6 heteroatoms. The fraction of sp³-hybridized carbons (Fsp3) is 0. The Morgan fingerprint density at radius 3 is 2.60 bits per heavy atom. The van der Waals surface area contributed by atoms with Gasteiger partial charge in [-0.1, -0.05) is 41.7 Å². The van der Waals surface area contributed by atoms with Crippen LogP contribution in [0.1, 0.15) is 0 Å². The molecule has 5 nitrogen and oxygen atoms in total. The molecule has 0 amide bonds. The van der Waals surface area contributed by atoms with E-state index in [0.717, 1.165) is 11.3 Å². The Hall–Kier alpha value is -2.60. The van der Waals surface area contributed by atoms with Crippen molar-refractivity contribution in [2.45, 2.75) is 0 Å². The lowest BCUT2D eigenvalue weighted by molar-refractivity contribution is 1.21. The van der Waals surface area contributed by atoms with Crippen molar-refractivity contribution in [2.75, 3.05) is 5.73 Å². The van der Waals surface area contributed by atoms with Crippen molar-refractivity contribution in [2.24, 2.45) is 10.2 Å². The normalized spacial score (nSPS) is 11.0. The van der Waals surface area contributed by atoms with Gasteiger partial charge < -0.3 is 5.73 Å². The Morgan fingerprint density at radius 1 is 1.00 bits per heavy atom. The van der Waals surface area contributed by atoms with Crippen molar-refractivity contribution in [3.63, 3.8) is 0 Å². The monoisotopic (exact) mass is 281 g/mol. The minimum Gasteiger partial charge on any atom is -0.375 e. The van der Waals surface area contributed by atoms with Gasteiger partial charge in [0.25, 0.3) is 0 Å². The second-order valence-electron chi connectivity index (χ2n) is 3.98. The van der Waals surface area contributed by atoms with Gasteiger partial charge in [-0.2, -0.15) is 0 Å². The van der Waals surface area contributed by atoms with Crippen molar-refractivity contribution < 1.29 is 0 Å². The molecule has 20 heavy (non-hydrogen) atoms. The molecule has 0 fully saturated rings. The van der Waals surface area contributed by atoms with Gasteiger partial charge in [0.2, 0.25) is 0 Å². The van der Waals surface area contributed by atoms with Gasteiger partial charge in [-0.15, -0.1) is 10.2 Å². The molecule has 3 aromatic rings. The SMILES string of the molecule is Nc1nc(-c2ccccc2)c(N=Nc2cccnc2)s1. The van der Waals surface area contributed by atoms with E-state index < -0.39 is 0 Å². The number of pyridine rings is 1. The molecule has 0 radical (unpaired) electrons. The van der Waals surface area contributed by atoms with Crippen LogP contribution in [-0.4, -0.2) is 9.97 Å². The summed E-state index contributed by atoms with van der Waals surface area (Å²) in [6.45, 7) is 0. The standard InChI is InChI=1S/C14H11N5S/c15-14-17-12(10-5-2-1-3-6-10)13(20-14)19-18-11-7-4-8-16-9-11/h1-9H,(H2,15,17). The van der Waals surface area contributed by atoms with E-state index in [1.165, 1.54) is 11.3 Å². The third-order valence-corrected chi connectivity index (χ3v) is 3.34. The quantitative estimate of drug-likeness (QED) is 0.731. The van der Waals surface area contributed by atoms with Crippen LogP contribution in [0.5, 0.6) is 0 Å². The Kier molecular flexibility index (Phi) is 3.47. The van der Waals surface area contributed by atoms with Gasteiger partial charge in [-0.3, -0.25) is 4.98 Å². The summed E-state index contributed by atoms with van der Waals surface area (Å²) in [5, 5.41) is 9.56. The molecule has 0 aliphatic heterocycles. The predicted octanol–water partition coefficient (Wildman–Crippen LogP) is 4.20. The van der Waals surface area contributed by atoms with Crippen LogP contribution in [0.15, 0.2) is 65.1 Å². The minimum absolute atomic E-state index is 0.476. The van der Waals surface area contributed by atoms with Gasteiger partial charge in [0.05, 0.1) is 6.20 Å². The molecule has 0 unspecified atom stereocenters. The van der Waals surface area contributed by atoms with Crippen molar-refractivity contribution in [3.05, 3.63) is 54.9 Å². The minimum atomic E-state index is 0.476. The van der Waals surface area contributed by atoms with Gasteiger partial charge in [0.15, 0.2) is 10.1 Å². The summed E-state index contributed by atoms with van der Waals surface area (Å²) in [5.74, 6) is 0. The molecule has 98 valence electrons. The fourth-order valence-electron chi connectivity index (χ4n) is 1.70. The predicted molar refractivity (Wildman–Crippen MR) is 80.4 cm³/mol. The van der Waals surface area contributed by atoms with E-state index in [-0.39, 0.29) is 0 Å². The molecule has 0 saturated carbocycles. The van der Waals surface area contributed by atoms with Crippen LogP contribution in [0.2, 0.25) is 0 Å². The van der Waals surface area contributed by atoms with Gasteiger partial charge in [0, 0.05) is 11.8 Å². The lowest BCUT2D eigenvalue weighted by Gasteiger charge is -1.96. The first-order valence-electron chi connectivity index (χ1n) is 5.96. The maximum absolute atomic E-state index is 5.78. The zero-order chi connectivity index (χ0) is 13.8. The van der Waals surface area contributed by atoms with Gasteiger partial charge in [-0.05, 0) is 12.1 Å². The zero-order valence-corrected chi connectivity index (χ0v) is 11.3. The van der Waals surface area contributed by atoms with Crippen LogP contribution < -0.4 is 5.73 Å². The highest BCUT2D eigenvalue weighted by Crippen LogP contribution is 2.37. The summed E-state index contributed by atoms with van der Waals surface area (Å²) in [7, 11) is 0. The Balaban J connectivity index is 1.97. The molecule has 0 spiro atoms. The molecular formula is C14H11N5S. The molecule has 3 rings (SSSR count). The Bertz CT molecular complexity index is 722. The molecule has 0 saturated heterocycles. The van der Waals surface area contributed by atoms with Crippen molar-refractivity contribution in [1.82, 2.24) is 9.97 Å². The third-order valence-electron chi connectivity index (χ3n) is 2.58. The number of aromatic nitrogens is 2. The molecule has 2 heterocycles. The number of rotatable bonds is 3. The number of nitrogens with zero attached hydrogens (tertiary/aromatic N) is 4. The molecule has 2 N–H and O–H groups in total. The summed E-state index contributed by atoms with van der Waals surface area (Å²) >= 11 is 1.31. The molecule has 0 aliphatic rings. The van der Waals surface area contributed by atoms with Crippen LogP contribution in [0.3, 0.4) is 0 Å². The van der Waals surface area contributed by atoms with Crippen LogP contribution in [0, 0.1) is 0 Å². The first-order chi connectivity index (χ1) is 9.83. The van der Waals surface area contributed by atoms with E-state index in [1.54, 1.807) is 12.4 Å². The number of nitrogen functional groups attached to an aromatic ring is 1. The highest BCUT2D eigenvalue weighted by atomic mass is 32.1. The summed E-state index contributed by atoms with van der Waals surface area (Å²) in [6.07, 6.45) is 3.34. The van der Waals surface area contributed by atoms with Gasteiger partial charge >= 0.3 is 0 Å². The van der Waals surface area contributed by atoms with Crippen LogP contribution in [0.25, 0.3) is 11.3 Å². The number of nitrogens with two attached hydrogens (primary N) is 1. The molecular weight excluding hydrogens is 270 g/mol. The second kappa shape index (κ2) is 5.58. The second-order valence-corrected chi connectivity index (χ2v) is 4.99. The van der Waals surface area contributed by atoms with E-state index in [0.29, 0.717) is 15.8 Å². The zero-order valence-electron chi connectivity index (χ0n) is 10.5. The summed E-state index contributed by atoms with van der Waals surface area (Å²) in [6, 6.07) is 13.4. The smallest absolute Gasteiger partial charge is 0.182 e. The number of hydrogen-bond donors (Lipinski definition) is 1. The maximum Gasteiger partial charge on any atom is 0.182 e. The van der Waals surface area contributed by atoms with Crippen LogP contribution in [-0.2, 0) is 0 Å². The molecule has 0 bridgehead atoms. The van der Waals surface area contributed by atoms with Crippen LogP contribution >= 0.6 is 11.3 Å². The highest BCUT2D eigenvalue weighted by molar-refractivity contribution is 7.19. The fourth-order valence-corrected chi connectivity index (χ4v) is 2.37. The van der Waals surface area contributed by atoms with E-state index >= 15 is 0 Å². The highest BCUT2D eigenvalue weighted by Gasteiger charge is 2.11. The van der Waals surface area contributed by atoms with Gasteiger partial charge in [0.1, 0.15) is 11.4 Å².